The van der Waals surface area contributed by atoms with Crippen LogP contribution in [0.25, 0.3) is 0 Å². The molecule has 1 saturated carbocycles. The van der Waals surface area contributed by atoms with Crippen LogP contribution in [0.1, 0.15) is 37.2 Å². The van der Waals surface area contributed by atoms with Crippen LogP contribution in [-0.2, 0) is 4.79 Å². The van der Waals surface area contributed by atoms with Crippen LogP contribution in [0.5, 0.6) is 0 Å². The topological polar surface area (TPSA) is 46.3 Å². The third-order valence-electron chi connectivity index (χ3n) is 4.27. The zero-order chi connectivity index (χ0) is 12.6. The number of piperidine rings is 1. The molecule has 1 aliphatic carbocycles. The molecule has 0 bridgehead atoms. The Labute approximate surface area is 108 Å². The molecule has 1 saturated heterocycles. The van der Waals surface area contributed by atoms with Gasteiger partial charge in [0.2, 0.25) is 5.91 Å². The van der Waals surface area contributed by atoms with Gasteiger partial charge < -0.3 is 10.6 Å². The number of rotatable bonds is 2. The molecule has 2 N–H and O–H groups in total. The lowest BCUT2D eigenvalue weighted by molar-refractivity contribution is -0.134. The SMILES string of the molecule is NC1(C(=O)N2CCC(c3ccccc3)CC2)CC1. The highest BCUT2D eigenvalue weighted by Crippen LogP contribution is 2.36. The minimum absolute atomic E-state index is 0.175. The summed E-state index contributed by atoms with van der Waals surface area (Å²) in [7, 11) is 0. The number of benzene rings is 1. The van der Waals surface area contributed by atoms with Gasteiger partial charge in [0.1, 0.15) is 0 Å². The van der Waals surface area contributed by atoms with Crippen LogP contribution in [0.2, 0.25) is 0 Å². The summed E-state index contributed by atoms with van der Waals surface area (Å²) in [6.07, 6.45) is 3.85. The summed E-state index contributed by atoms with van der Waals surface area (Å²) >= 11 is 0. The summed E-state index contributed by atoms with van der Waals surface area (Å²) in [6.45, 7) is 1.72. The van der Waals surface area contributed by atoms with Crippen molar-refractivity contribution in [1.29, 1.82) is 0 Å². The fraction of sp³-hybridized carbons (Fsp3) is 0.533. The molecule has 1 heterocycles. The summed E-state index contributed by atoms with van der Waals surface area (Å²) in [5.41, 5.74) is 6.88. The summed E-state index contributed by atoms with van der Waals surface area (Å²) < 4.78 is 0. The molecular weight excluding hydrogens is 224 g/mol. The van der Waals surface area contributed by atoms with Crippen molar-refractivity contribution >= 4 is 5.91 Å². The number of hydrogen-bond acceptors (Lipinski definition) is 2. The van der Waals surface area contributed by atoms with Crippen LogP contribution in [0.4, 0.5) is 0 Å². The number of amides is 1. The highest BCUT2D eigenvalue weighted by molar-refractivity contribution is 5.89. The maximum Gasteiger partial charge on any atom is 0.242 e. The van der Waals surface area contributed by atoms with E-state index >= 15 is 0 Å². The standard InChI is InChI=1S/C15H20N2O/c16-15(8-9-15)14(18)17-10-6-13(7-11-17)12-4-2-1-3-5-12/h1-5,13H,6-11,16H2. The number of nitrogens with zero attached hydrogens (tertiary/aromatic N) is 1. The lowest BCUT2D eigenvalue weighted by atomic mass is 9.89. The number of nitrogens with two attached hydrogens (primary N) is 1. The van der Waals surface area contributed by atoms with Crippen molar-refractivity contribution in [2.24, 2.45) is 5.73 Å². The quantitative estimate of drug-likeness (QED) is 0.863. The molecule has 1 amide bonds. The van der Waals surface area contributed by atoms with Crippen LogP contribution in [-0.4, -0.2) is 29.4 Å². The van der Waals surface area contributed by atoms with Crippen molar-refractivity contribution in [3.63, 3.8) is 0 Å². The van der Waals surface area contributed by atoms with E-state index in [4.69, 9.17) is 5.73 Å². The van der Waals surface area contributed by atoms with Gasteiger partial charge in [-0.05, 0) is 37.2 Å². The van der Waals surface area contributed by atoms with E-state index in [1.165, 1.54) is 5.56 Å². The third kappa shape index (κ3) is 2.15. The lowest BCUT2D eigenvalue weighted by Gasteiger charge is -2.33. The Hall–Kier alpha value is -1.35. The van der Waals surface area contributed by atoms with Crippen molar-refractivity contribution in [2.75, 3.05) is 13.1 Å². The molecule has 0 unspecified atom stereocenters. The molecule has 1 aliphatic heterocycles. The van der Waals surface area contributed by atoms with Crippen molar-refractivity contribution in [1.82, 2.24) is 4.90 Å². The lowest BCUT2D eigenvalue weighted by Crippen LogP contribution is -2.48. The van der Waals surface area contributed by atoms with E-state index in [-0.39, 0.29) is 5.91 Å². The van der Waals surface area contributed by atoms with Gasteiger partial charge in [0.25, 0.3) is 0 Å². The fourth-order valence-electron chi connectivity index (χ4n) is 2.80. The average Bonchev–Trinajstić information content (AvgIpc) is 3.18. The van der Waals surface area contributed by atoms with Crippen LogP contribution in [0.3, 0.4) is 0 Å². The molecular formula is C15H20N2O. The van der Waals surface area contributed by atoms with Crippen molar-refractivity contribution in [2.45, 2.75) is 37.1 Å². The molecule has 1 aromatic rings. The van der Waals surface area contributed by atoms with Crippen LogP contribution < -0.4 is 5.73 Å². The number of hydrogen-bond donors (Lipinski definition) is 1. The Balaban J connectivity index is 1.60. The first-order chi connectivity index (χ1) is 8.69. The molecule has 3 nitrogen and oxygen atoms in total. The molecule has 0 spiro atoms. The second-order valence-corrected chi connectivity index (χ2v) is 5.63. The number of carbonyl (C=O) groups excluding carboxylic acids is 1. The first-order valence-corrected chi connectivity index (χ1v) is 6.82. The van der Waals surface area contributed by atoms with Crippen LogP contribution in [0, 0.1) is 0 Å². The fourth-order valence-corrected chi connectivity index (χ4v) is 2.80. The molecule has 96 valence electrons. The Morgan fingerprint density at radius 2 is 1.78 bits per heavy atom. The Morgan fingerprint density at radius 3 is 2.33 bits per heavy atom. The Bertz CT molecular complexity index is 431. The van der Waals surface area contributed by atoms with Crippen molar-refractivity contribution in [3.05, 3.63) is 35.9 Å². The van der Waals surface area contributed by atoms with Gasteiger partial charge >= 0.3 is 0 Å². The Kier molecular flexibility index (Phi) is 2.86. The van der Waals surface area contributed by atoms with Gasteiger partial charge in [-0.25, -0.2) is 0 Å². The molecule has 0 radical (unpaired) electrons. The number of likely N-dealkylation sites (tertiary alicyclic amines) is 1. The number of carbonyl (C=O) groups is 1. The van der Waals surface area contributed by atoms with E-state index in [0.29, 0.717) is 5.92 Å². The highest BCUT2D eigenvalue weighted by atomic mass is 16.2. The average molecular weight is 244 g/mol. The molecule has 18 heavy (non-hydrogen) atoms. The second-order valence-electron chi connectivity index (χ2n) is 5.63. The van der Waals surface area contributed by atoms with Gasteiger partial charge in [-0.3, -0.25) is 4.79 Å². The second kappa shape index (κ2) is 4.39. The predicted octanol–water partition coefficient (Wildman–Crippen LogP) is 1.88. The van der Waals surface area contributed by atoms with Gasteiger partial charge in [0.15, 0.2) is 0 Å². The summed E-state index contributed by atoms with van der Waals surface area (Å²) in [5, 5.41) is 0. The summed E-state index contributed by atoms with van der Waals surface area (Å²) in [5.74, 6) is 0.775. The molecule has 3 rings (SSSR count). The van der Waals surface area contributed by atoms with E-state index in [0.717, 1.165) is 38.8 Å². The molecule has 1 aromatic carbocycles. The molecule has 2 fully saturated rings. The minimum Gasteiger partial charge on any atom is -0.341 e. The normalized spacial score (nSPS) is 22.8. The first kappa shape index (κ1) is 11.7. The maximum absolute atomic E-state index is 12.1. The van der Waals surface area contributed by atoms with Crippen LogP contribution in [0.15, 0.2) is 30.3 Å². The van der Waals surface area contributed by atoms with Gasteiger partial charge in [0, 0.05) is 13.1 Å². The van der Waals surface area contributed by atoms with E-state index < -0.39 is 5.54 Å². The molecule has 3 heteroatoms. The zero-order valence-corrected chi connectivity index (χ0v) is 10.6. The van der Waals surface area contributed by atoms with Gasteiger partial charge in [0.05, 0.1) is 5.54 Å². The largest absolute Gasteiger partial charge is 0.341 e. The van der Waals surface area contributed by atoms with Crippen LogP contribution >= 0.6 is 0 Å². The van der Waals surface area contributed by atoms with Gasteiger partial charge in [-0.1, -0.05) is 30.3 Å². The third-order valence-corrected chi connectivity index (χ3v) is 4.27. The summed E-state index contributed by atoms with van der Waals surface area (Å²) in [4.78, 5) is 14.1. The van der Waals surface area contributed by atoms with Crippen molar-refractivity contribution < 1.29 is 4.79 Å². The zero-order valence-electron chi connectivity index (χ0n) is 10.6. The molecule has 0 aromatic heterocycles. The van der Waals surface area contributed by atoms with E-state index in [9.17, 15) is 4.79 Å². The van der Waals surface area contributed by atoms with Crippen molar-refractivity contribution in [3.8, 4) is 0 Å². The predicted molar refractivity (Wildman–Crippen MR) is 71.1 cm³/mol. The van der Waals surface area contributed by atoms with E-state index in [1.54, 1.807) is 0 Å². The molecule has 2 aliphatic rings. The minimum atomic E-state index is -0.500. The smallest absolute Gasteiger partial charge is 0.242 e. The molecule has 0 atom stereocenters. The van der Waals surface area contributed by atoms with Gasteiger partial charge in [-0.2, -0.15) is 0 Å². The van der Waals surface area contributed by atoms with Gasteiger partial charge in [-0.15, -0.1) is 0 Å². The maximum atomic E-state index is 12.1. The first-order valence-electron chi connectivity index (χ1n) is 6.82. The van der Waals surface area contributed by atoms with E-state index in [2.05, 4.69) is 24.3 Å². The summed E-state index contributed by atoms with van der Waals surface area (Å²) in [6, 6.07) is 10.6. The van der Waals surface area contributed by atoms with E-state index in [1.807, 2.05) is 11.0 Å². The Morgan fingerprint density at radius 1 is 1.17 bits per heavy atom. The highest BCUT2D eigenvalue weighted by Gasteiger charge is 2.48. The monoisotopic (exact) mass is 244 g/mol.